The van der Waals surface area contributed by atoms with Gasteiger partial charge >= 0.3 is 12.1 Å². The van der Waals surface area contributed by atoms with Crippen molar-refractivity contribution in [1.29, 1.82) is 0 Å². The van der Waals surface area contributed by atoms with Crippen LogP contribution in [0.4, 0.5) is 13.2 Å². The molecule has 118 valence electrons. The van der Waals surface area contributed by atoms with E-state index in [0.717, 1.165) is 19.3 Å². The Labute approximate surface area is 118 Å². The summed E-state index contributed by atoms with van der Waals surface area (Å²) in [6.07, 6.45) is -1.48. The van der Waals surface area contributed by atoms with E-state index in [0.29, 0.717) is 6.42 Å². The first-order valence-corrected chi connectivity index (χ1v) is 6.98. The van der Waals surface area contributed by atoms with E-state index >= 15 is 0 Å². The molecule has 0 aromatic rings. The van der Waals surface area contributed by atoms with Crippen molar-refractivity contribution in [3.63, 3.8) is 0 Å². The first-order valence-electron chi connectivity index (χ1n) is 6.98. The van der Waals surface area contributed by atoms with E-state index in [9.17, 15) is 18.0 Å². The van der Waals surface area contributed by atoms with Crippen LogP contribution in [-0.4, -0.2) is 25.4 Å². The molecule has 0 fully saturated rings. The van der Waals surface area contributed by atoms with Crippen LogP contribution >= 0.6 is 0 Å². The second-order valence-electron chi connectivity index (χ2n) is 4.27. The first kappa shape index (κ1) is 18.8. The second-order valence-corrected chi connectivity index (χ2v) is 4.27. The fourth-order valence-corrected chi connectivity index (χ4v) is 1.74. The number of carbonyl (C=O) groups is 1. The molecule has 0 aromatic heterocycles. The molecule has 0 saturated carbocycles. The molecular formula is C14H23F3O3. The van der Waals surface area contributed by atoms with Crippen molar-refractivity contribution >= 4 is 5.97 Å². The van der Waals surface area contributed by atoms with Gasteiger partial charge in [-0.15, -0.1) is 0 Å². The molecule has 0 saturated heterocycles. The summed E-state index contributed by atoms with van der Waals surface area (Å²) in [7, 11) is 0. The fraction of sp³-hybridized carbons (Fsp3) is 0.786. The molecular weight excluding hydrogens is 273 g/mol. The van der Waals surface area contributed by atoms with Crippen molar-refractivity contribution in [3.05, 3.63) is 11.3 Å². The Morgan fingerprint density at radius 1 is 0.950 bits per heavy atom. The van der Waals surface area contributed by atoms with Gasteiger partial charge in [0.2, 0.25) is 5.76 Å². The van der Waals surface area contributed by atoms with Gasteiger partial charge in [0.05, 0.1) is 18.8 Å². The Morgan fingerprint density at radius 3 is 2.00 bits per heavy atom. The predicted molar refractivity (Wildman–Crippen MR) is 70.1 cm³/mol. The number of esters is 1. The van der Waals surface area contributed by atoms with Gasteiger partial charge in [-0.1, -0.05) is 26.2 Å². The van der Waals surface area contributed by atoms with Crippen LogP contribution in [0.25, 0.3) is 0 Å². The molecule has 0 aliphatic heterocycles. The molecule has 0 rings (SSSR count). The van der Waals surface area contributed by atoms with E-state index < -0.39 is 23.5 Å². The van der Waals surface area contributed by atoms with E-state index in [2.05, 4.69) is 4.74 Å². The summed E-state index contributed by atoms with van der Waals surface area (Å²) in [4.78, 5) is 11.7. The number of alkyl halides is 3. The zero-order valence-electron chi connectivity index (χ0n) is 12.3. The molecule has 0 atom stereocenters. The normalized spacial score (nSPS) is 12.9. The lowest BCUT2D eigenvalue weighted by Crippen LogP contribution is -2.22. The molecule has 0 N–H and O–H groups in total. The van der Waals surface area contributed by atoms with E-state index in [1.807, 2.05) is 6.92 Å². The number of hydrogen-bond acceptors (Lipinski definition) is 3. The van der Waals surface area contributed by atoms with E-state index in [4.69, 9.17) is 4.74 Å². The summed E-state index contributed by atoms with van der Waals surface area (Å²) in [6, 6.07) is 0. The largest absolute Gasteiger partial charge is 0.489 e. The number of hydrogen-bond donors (Lipinski definition) is 0. The smallest absolute Gasteiger partial charge is 0.449 e. The maximum atomic E-state index is 12.9. The van der Waals surface area contributed by atoms with Crippen LogP contribution in [0.2, 0.25) is 0 Å². The Morgan fingerprint density at radius 2 is 1.55 bits per heavy atom. The lowest BCUT2D eigenvalue weighted by atomic mass is 10.0. The van der Waals surface area contributed by atoms with Crippen molar-refractivity contribution in [3.8, 4) is 0 Å². The highest BCUT2D eigenvalue weighted by Gasteiger charge is 2.40. The number of unbranched alkanes of at least 4 members (excludes halogenated alkanes) is 3. The molecule has 0 radical (unpaired) electrons. The van der Waals surface area contributed by atoms with Crippen LogP contribution in [-0.2, 0) is 14.3 Å². The van der Waals surface area contributed by atoms with E-state index in [1.54, 1.807) is 6.92 Å². The summed E-state index contributed by atoms with van der Waals surface area (Å²) >= 11 is 0. The summed E-state index contributed by atoms with van der Waals surface area (Å²) < 4.78 is 48.2. The second kappa shape index (κ2) is 9.66. The van der Waals surface area contributed by atoms with Gasteiger partial charge in [-0.25, -0.2) is 4.79 Å². The SMILES string of the molecule is CCCCCC/C(C(=O)OCC)=C(/OCC)C(F)(F)F. The maximum absolute atomic E-state index is 12.9. The Balaban J connectivity index is 5.15. The molecule has 0 heterocycles. The summed E-state index contributed by atoms with van der Waals surface area (Å²) in [5, 5.41) is 0. The lowest BCUT2D eigenvalue weighted by molar-refractivity contribution is -0.145. The minimum atomic E-state index is -4.68. The van der Waals surface area contributed by atoms with Gasteiger partial charge in [-0.3, -0.25) is 0 Å². The number of carbonyl (C=O) groups excluding carboxylic acids is 1. The third kappa shape index (κ3) is 6.82. The van der Waals surface area contributed by atoms with E-state index in [-0.39, 0.29) is 19.6 Å². The van der Waals surface area contributed by atoms with Crippen molar-refractivity contribution in [2.24, 2.45) is 0 Å². The Kier molecular flexibility index (Phi) is 9.08. The minimum absolute atomic E-state index is 0.0215. The number of allylic oxidation sites excluding steroid dienone is 1. The molecule has 6 heteroatoms. The van der Waals surface area contributed by atoms with Crippen molar-refractivity contribution in [2.75, 3.05) is 13.2 Å². The van der Waals surface area contributed by atoms with Gasteiger partial charge in [0.25, 0.3) is 0 Å². The highest BCUT2D eigenvalue weighted by molar-refractivity contribution is 5.89. The predicted octanol–water partition coefficient (Wildman–Crippen LogP) is 4.37. The summed E-state index contributed by atoms with van der Waals surface area (Å²) in [5.41, 5.74) is -0.405. The Hall–Kier alpha value is -1.20. The summed E-state index contributed by atoms with van der Waals surface area (Å²) in [6.45, 7) is 4.90. The fourth-order valence-electron chi connectivity index (χ4n) is 1.74. The van der Waals surface area contributed by atoms with Gasteiger partial charge in [-0.2, -0.15) is 13.2 Å². The third-order valence-corrected chi connectivity index (χ3v) is 2.62. The quantitative estimate of drug-likeness (QED) is 0.274. The molecule has 0 aliphatic carbocycles. The minimum Gasteiger partial charge on any atom is -0.489 e. The van der Waals surface area contributed by atoms with Crippen LogP contribution in [0.15, 0.2) is 11.3 Å². The van der Waals surface area contributed by atoms with Crippen LogP contribution in [0.3, 0.4) is 0 Å². The van der Waals surface area contributed by atoms with E-state index in [1.165, 1.54) is 6.92 Å². The number of halogens is 3. The monoisotopic (exact) mass is 296 g/mol. The molecule has 0 bridgehead atoms. The van der Waals surface area contributed by atoms with Crippen LogP contribution in [0.1, 0.15) is 52.9 Å². The highest BCUT2D eigenvalue weighted by Crippen LogP contribution is 2.31. The van der Waals surface area contributed by atoms with Crippen molar-refractivity contribution in [1.82, 2.24) is 0 Å². The molecule has 0 amide bonds. The van der Waals surface area contributed by atoms with Gasteiger partial charge in [0, 0.05) is 0 Å². The molecule has 0 unspecified atom stereocenters. The molecule has 3 nitrogen and oxygen atoms in total. The molecule has 0 spiro atoms. The van der Waals surface area contributed by atoms with Gasteiger partial charge < -0.3 is 9.47 Å². The van der Waals surface area contributed by atoms with Crippen LogP contribution in [0.5, 0.6) is 0 Å². The number of rotatable bonds is 9. The maximum Gasteiger partial charge on any atom is 0.449 e. The Bertz CT molecular complexity index is 322. The first-order chi connectivity index (χ1) is 9.38. The van der Waals surface area contributed by atoms with Crippen molar-refractivity contribution in [2.45, 2.75) is 59.1 Å². The zero-order chi connectivity index (χ0) is 15.6. The summed E-state index contributed by atoms with van der Waals surface area (Å²) in [5.74, 6) is -2.15. The van der Waals surface area contributed by atoms with Crippen molar-refractivity contribution < 1.29 is 27.4 Å². The average Bonchev–Trinajstić information content (AvgIpc) is 2.36. The topological polar surface area (TPSA) is 35.5 Å². The van der Waals surface area contributed by atoms with Crippen LogP contribution in [0, 0.1) is 0 Å². The third-order valence-electron chi connectivity index (χ3n) is 2.62. The molecule has 0 aromatic carbocycles. The standard InChI is InChI=1S/C14H23F3O3/c1-4-7-8-9-10-11(13(18)20-6-3)12(19-5-2)14(15,16)17/h4-10H2,1-3H3/b12-11-. The molecule has 20 heavy (non-hydrogen) atoms. The van der Waals surface area contributed by atoms with Crippen LogP contribution < -0.4 is 0 Å². The number of ether oxygens (including phenoxy) is 2. The average molecular weight is 296 g/mol. The van der Waals surface area contributed by atoms with Gasteiger partial charge in [-0.05, 0) is 26.7 Å². The molecule has 0 aliphatic rings. The zero-order valence-corrected chi connectivity index (χ0v) is 12.3. The highest BCUT2D eigenvalue weighted by atomic mass is 19.4. The lowest BCUT2D eigenvalue weighted by Gasteiger charge is -2.17. The van der Waals surface area contributed by atoms with Gasteiger partial charge in [0.15, 0.2) is 0 Å². The van der Waals surface area contributed by atoms with Gasteiger partial charge in [0.1, 0.15) is 0 Å².